The standard InChI is InChI=1S/C14H14BrClN2O/c1-2-18-9-11(15)7-13(18)14(19)17-8-10-3-5-12(16)6-4-10/h3-7,9H,2,8H2,1H3,(H,17,19). The number of aromatic nitrogens is 1. The monoisotopic (exact) mass is 340 g/mol. The molecular weight excluding hydrogens is 328 g/mol. The van der Waals surface area contributed by atoms with Crippen LogP contribution in [0.25, 0.3) is 0 Å². The average molecular weight is 342 g/mol. The van der Waals surface area contributed by atoms with Crippen molar-refractivity contribution in [1.82, 2.24) is 9.88 Å². The molecule has 100 valence electrons. The van der Waals surface area contributed by atoms with E-state index < -0.39 is 0 Å². The molecule has 0 aliphatic carbocycles. The summed E-state index contributed by atoms with van der Waals surface area (Å²) in [6, 6.07) is 9.25. The molecule has 0 radical (unpaired) electrons. The third-order valence-corrected chi connectivity index (χ3v) is 3.49. The molecule has 0 spiro atoms. The van der Waals surface area contributed by atoms with Crippen molar-refractivity contribution < 1.29 is 4.79 Å². The Morgan fingerprint density at radius 1 is 1.37 bits per heavy atom. The predicted molar refractivity (Wildman–Crippen MR) is 80.4 cm³/mol. The summed E-state index contributed by atoms with van der Waals surface area (Å²) in [5.41, 5.74) is 1.68. The molecule has 0 saturated heterocycles. The Bertz CT molecular complexity index is 578. The van der Waals surface area contributed by atoms with E-state index in [0.717, 1.165) is 16.6 Å². The molecule has 2 rings (SSSR count). The van der Waals surface area contributed by atoms with Crippen molar-refractivity contribution in [1.29, 1.82) is 0 Å². The van der Waals surface area contributed by atoms with Crippen LogP contribution in [0.15, 0.2) is 41.0 Å². The van der Waals surface area contributed by atoms with Gasteiger partial charge in [-0.05, 0) is 46.6 Å². The highest BCUT2D eigenvalue weighted by atomic mass is 79.9. The Hall–Kier alpha value is -1.26. The molecule has 0 fully saturated rings. The van der Waals surface area contributed by atoms with Gasteiger partial charge in [-0.2, -0.15) is 0 Å². The molecule has 5 heteroatoms. The van der Waals surface area contributed by atoms with Crippen molar-refractivity contribution in [2.45, 2.75) is 20.0 Å². The number of rotatable bonds is 4. The number of hydrogen-bond acceptors (Lipinski definition) is 1. The molecule has 0 unspecified atom stereocenters. The van der Waals surface area contributed by atoms with Gasteiger partial charge in [-0.25, -0.2) is 0 Å². The molecule has 1 N–H and O–H groups in total. The average Bonchev–Trinajstić information content (AvgIpc) is 2.79. The van der Waals surface area contributed by atoms with E-state index in [0.29, 0.717) is 17.3 Å². The first kappa shape index (κ1) is 14.2. The van der Waals surface area contributed by atoms with Gasteiger partial charge in [-0.3, -0.25) is 4.79 Å². The molecule has 0 aliphatic heterocycles. The van der Waals surface area contributed by atoms with E-state index in [1.807, 2.05) is 48.0 Å². The van der Waals surface area contributed by atoms with Crippen LogP contribution in [0.5, 0.6) is 0 Å². The first-order chi connectivity index (χ1) is 9.10. The number of benzene rings is 1. The number of carbonyl (C=O) groups excluding carboxylic acids is 1. The molecule has 1 aromatic heterocycles. The Labute approximate surface area is 125 Å². The number of amides is 1. The van der Waals surface area contributed by atoms with Crippen LogP contribution in [0.2, 0.25) is 5.02 Å². The lowest BCUT2D eigenvalue weighted by Gasteiger charge is -2.07. The SMILES string of the molecule is CCn1cc(Br)cc1C(=O)NCc1ccc(Cl)cc1. The highest BCUT2D eigenvalue weighted by Crippen LogP contribution is 2.15. The second-order valence-corrected chi connectivity index (χ2v) is 5.49. The molecular formula is C14H14BrClN2O. The molecule has 1 amide bonds. The quantitative estimate of drug-likeness (QED) is 0.900. The Kier molecular flexibility index (Phi) is 4.66. The van der Waals surface area contributed by atoms with E-state index in [4.69, 9.17) is 11.6 Å². The number of nitrogens with zero attached hydrogens (tertiary/aromatic N) is 1. The summed E-state index contributed by atoms with van der Waals surface area (Å²) in [5.74, 6) is -0.0810. The van der Waals surface area contributed by atoms with E-state index in [9.17, 15) is 4.79 Å². The van der Waals surface area contributed by atoms with Crippen molar-refractivity contribution in [2.75, 3.05) is 0 Å². The van der Waals surface area contributed by atoms with Crippen LogP contribution in [0, 0.1) is 0 Å². The lowest BCUT2D eigenvalue weighted by atomic mass is 10.2. The second kappa shape index (κ2) is 6.26. The van der Waals surface area contributed by atoms with E-state index in [1.165, 1.54) is 0 Å². The number of aryl methyl sites for hydroxylation is 1. The summed E-state index contributed by atoms with van der Waals surface area (Å²) in [6.07, 6.45) is 1.90. The summed E-state index contributed by atoms with van der Waals surface area (Å²) in [5, 5.41) is 3.59. The number of carbonyl (C=O) groups is 1. The minimum Gasteiger partial charge on any atom is -0.347 e. The fourth-order valence-electron chi connectivity index (χ4n) is 1.80. The topological polar surface area (TPSA) is 34.0 Å². The fourth-order valence-corrected chi connectivity index (χ4v) is 2.39. The zero-order chi connectivity index (χ0) is 13.8. The van der Waals surface area contributed by atoms with E-state index in [-0.39, 0.29) is 5.91 Å². The number of nitrogens with one attached hydrogen (secondary N) is 1. The smallest absolute Gasteiger partial charge is 0.268 e. The third kappa shape index (κ3) is 3.61. The summed E-state index contributed by atoms with van der Waals surface area (Å²) in [7, 11) is 0. The van der Waals surface area contributed by atoms with Crippen LogP contribution < -0.4 is 5.32 Å². The third-order valence-electron chi connectivity index (χ3n) is 2.80. The fraction of sp³-hybridized carbons (Fsp3) is 0.214. The number of halogens is 2. The lowest BCUT2D eigenvalue weighted by Crippen LogP contribution is -2.25. The van der Waals surface area contributed by atoms with Crippen LogP contribution >= 0.6 is 27.5 Å². The van der Waals surface area contributed by atoms with Crippen LogP contribution in [0.1, 0.15) is 23.0 Å². The maximum atomic E-state index is 12.1. The van der Waals surface area contributed by atoms with E-state index >= 15 is 0 Å². The molecule has 19 heavy (non-hydrogen) atoms. The molecule has 2 aromatic rings. The van der Waals surface area contributed by atoms with Gasteiger partial charge in [0, 0.05) is 28.8 Å². The molecule has 0 atom stereocenters. The van der Waals surface area contributed by atoms with Gasteiger partial charge in [-0.15, -0.1) is 0 Å². The van der Waals surface area contributed by atoms with Gasteiger partial charge < -0.3 is 9.88 Å². The Morgan fingerprint density at radius 2 is 2.05 bits per heavy atom. The minimum absolute atomic E-state index is 0.0810. The molecule has 1 heterocycles. The van der Waals surface area contributed by atoms with Crippen molar-refractivity contribution in [3.63, 3.8) is 0 Å². The van der Waals surface area contributed by atoms with Gasteiger partial charge in [0.1, 0.15) is 5.69 Å². The van der Waals surface area contributed by atoms with Crippen LogP contribution in [-0.4, -0.2) is 10.5 Å². The van der Waals surface area contributed by atoms with Crippen molar-refractivity contribution in [3.05, 3.63) is 57.3 Å². The minimum atomic E-state index is -0.0810. The van der Waals surface area contributed by atoms with E-state index in [2.05, 4.69) is 21.2 Å². The normalized spacial score (nSPS) is 10.5. The summed E-state index contributed by atoms with van der Waals surface area (Å²) >= 11 is 9.20. The van der Waals surface area contributed by atoms with Gasteiger partial charge in [0.25, 0.3) is 5.91 Å². The molecule has 1 aromatic carbocycles. The van der Waals surface area contributed by atoms with Crippen LogP contribution in [0.3, 0.4) is 0 Å². The highest BCUT2D eigenvalue weighted by molar-refractivity contribution is 9.10. The van der Waals surface area contributed by atoms with Gasteiger partial charge in [0.05, 0.1) is 0 Å². The first-order valence-electron chi connectivity index (χ1n) is 5.98. The van der Waals surface area contributed by atoms with E-state index in [1.54, 1.807) is 0 Å². The zero-order valence-corrected chi connectivity index (χ0v) is 12.8. The lowest BCUT2D eigenvalue weighted by molar-refractivity contribution is 0.0942. The Morgan fingerprint density at radius 3 is 2.68 bits per heavy atom. The van der Waals surface area contributed by atoms with Gasteiger partial charge in [0.2, 0.25) is 0 Å². The summed E-state index contributed by atoms with van der Waals surface area (Å²) < 4.78 is 2.81. The van der Waals surface area contributed by atoms with Gasteiger partial charge in [0.15, 0.2) is 0 Å². The molecule has 0 saturated carbocycles. The first-order valence-corrected chi connectivity index (χ1v) is 7.15. The maximum absolute atomic E-state index is 12.1. The van der Waals surface area contributed by atoms with Crippen LogP contribution in [0.4, 0.5) is 0 Å². The zero-order valence-electron chi connectivity index (χ0n) is 10.5. The largest absolute Gasteiger partial charge is 0.347 e. The Balaban J connectivity index is 2.03. The summed E-state index contributed by atoms with van der Waals surface area (Å²) in [4.78, 5) is 12.1. The molecule has 0 bridgehead atoms. The van der Waals surface area contributed by atoms with Crippen molar-refractivity contribution >= 4 is 33.4 Å². The predicted octanol–water partition coefficient (Wildman–Crippen LogP) is 3.85. The maximum Gasteiger partial charge on any atom is 0.268 e. The highest BCUT2D eigenvalue weighted by Gasteiger charge is 2.11. The van der Waals surface area contributed by atoms with Crippen molar-refractivity contribution in [3.8, 4) is 0 Å². The molecule has 0 aliphatic rings. The van der Waals surface area contributed by atoms with Gasteiger partial charge in [-0.1, -0.05) is 23.7 Å². The van der Waals surface area contributed by atoms with Crippen LogP contribution in [-0.2, 0) is 13.1 Å². The second-order valence-electron chi connectivity index (χ2n) is 4.14. The summed E-state index contributed by atoms with van der Waals surface area (Å²) in [6.45, 7) is 3.25. The number of hydrogen-bond donors (Lipinski definition) is 1. The van der Waals surface area contributed by atoms with Crippen molar-refractivity contribution in [2.24, 2.45) is 0 Å². The van der Waals surface area contributed by atoms with Gasteiger partial charge >= 0.3 is 0 Å². The molecule has 3 nitrogen and oxygen atoms in total.